The molecule has 0 saturated carbocycles. The van der Waals surface area contributed by atoms with Crippen molar-refractivity contribution in [1.29, 1.82) is 0 Å². The third kappa shape index (κ3) is 5.14. The van der Waals surface area contributed by atoms with Gasteiger partial charge in [0.1, 0.15) is 5.75 Å². The van der Waals surface area contributed by atoms with Crippen molar-refractivity contribution >= 4 is 11.3 Å². The second-order valence-electron chi connectivity index (χ2n) is 5.28. The number of aryl methyl sites for hydroxylation is 2. The second-order valence-corrected chi connectivity index (χ2v) is 6.22. The van der Waals surface area contributed by atoms with Gasteiger partial charge in [-0.1, -0.05) is 24.6 Å². The lowest BCUT2D eigenvalue weighted by Crippen LogP contribution is -2.14. The average Bonchev–Trinajstić information content (AvgIpc) is 2.89. The average molecular weight is 304 g/mol. The van der Waals surface area contributed by atoms with Crippen LogP contribution < -0.4 is 10.1 Å². The van der Waals surface area contributed by atoms with Crippen molar-refractivity contribution in [3.05, 3.63) is 45.4 Å². The van der Waals surface area contributed by atoms with Gasteiger partial charge in [0.25, 0.3) is 0 Å². The molecule has 0 radical (unpaired) electrons. The van der Waals surface area contributed by atoms with Gasteiger partial charge in [-0.05, 0) is 38.4 Å². The third-order valence-electron chi connectivity index (χ3n) is 3.24. The lowest BCUT2D eigenvalue weighted by atomic mass is 10.1. The highest BCUT2D eigenvalue weighted by molar-refractivity contribution is 7.09. The largest absolute Gasteiger partial charge is 0.493 e. The minimum absolute atomic E-state index is 0.680. The zero-order valence-corrected chi connectivity index (χ0v) is 13.9. The van der Waals surface area contributed by atoms with Gasteiger partial charge in [-0.25, -0.2) is 4.98 Å². The predicted octanol–water partition coefficient (Wildman–Crippen LogP) is 3.88. The lowest BCUT2D eigenvalue weighted by molar-refractivity contribution is 0.319. The monoisotopic (exact) mass is 304 g/mol. The summed E-state index contributed by atoms with van der Waals surface area (Å²) in [6.07, 6.45) is 2.02. The second kappa shape index (κ2) is 8.15. The van der Waals surface area contributed by atoms with Gasteiger partial charge in [-0.2, -0.15) is 0 Å². The first kappa shape index (κ1) is 16.0. The van der Waals surface area contributed by atoms with Crippen LogP contribution in [0.5, 0.6) is 5.75 Å². The molecule has 0 aliphatic carbocycles. The molecule has 1 aromatic heterocycles. The van der Waals surface area contributed by atoms with Gasteiger partial charge in [0.15, 0.2) is 0 Å². The number of hydrogen-bond acceptors (Lipinski definition) is 4. The van der Waals surface area contributed by atoms with Crippen LogP contribution in [0.25, 0.3) is 0 Å². The summed E-state index contributed by atoms with van der Waals surface area (Å²) in [5.74, 6) is 0.974. The van der Waals surface area contributed by atoms with Crippen LogP contribution in [0.15, 0.2) is 23.6 Å². The molecule has 0 amide bonds. The summed E-state index contributed by atoms with van der Waals surface area (Å²) in [6.45, 7) is 8.94. The summed E-state index contributed by atoms with van der Waals surface area (Å²) >= 11 is 1.72. The Hall–Kier alpha value is -1.39. The van der Waals surface area contributed by atoms with Crippen LogP contribution in [0.4, 0.5) is 0 Å². The van der Waals surface area contributed by atoms with E-state index in [4.69, 9.17) is 4.74 Å². The number of aromatic nitrogens is 1. The Morgan fingerprint density at radius 3 is 2.90 bits per heavy atom. The molecule has 114 valence electrons. The number of nitrogens with zero attached hydrogens (tertiary/aromatic N) is 1. The van der Waals surface area contributed by atoms with Crippen molar-refractivity contribution < 1.29 is 4.74 Å². The summed E-state index contributed by atoms with van der Waals surface area (Å²) in [5, 5.41) is 6.65. The fraction of sp³-hybridized carbons (Fsp3) is 0.471. The molecule has 2 aromatic rings. The van der Waals surface area contributed by atoms with Crippen molar-refractivity contribution in [2.24, 2.45) is 0 Å². The van der Waals surface area contributed by atoms with E-state index in [2.05, 4.69) is 48.6 Å². The molecule has 0 atom stereocenters. The summed E-state index contributed by atoms with van der Waals surface area (Å²) in [4.78, 5) is 4.63. The van der Waals surface area contributed by atoms with Crippen LogP contribution in [-0.4, -0.2) is 18.1 Å². The standard InChI is InChI=1S/C17H24N2OS/c1-4-8-18-11-15-12-21-17(19-15)7-9-20-16-6-5-13(2)10-14(16)3/h5-6,10,12,18H,4,7-9,11H2,1-3H3. The highest BCUT2D eigenvalue weighted by atomic mass is 32.1. The Kier molecular flexibility index (Phi) is 6.21. The van der Waals surface area contributed by atoms with Crippen molar-refractivity contribution in [3.63, 3.8) is 0 Å². The molecule has 3 nitrogen and oxygen atoms in total. The molecular formula is C17H24N2OS. The van der Waals surface area contributed by atoms with E-state index in [1.54, 1.807) is 11.3 Å². The first-order valence-electron chi connectivity index (χ1n) is 7.53. The van der Waals surface area contributed by atoms with Crippen LogP contribution >= 0.6 is 11.3 Å². The van der Waals surface area contributed by atoms with Crippen LogP contribution in [0, 0.1) is 13.8 Å². The molecule has 1 heterocycles. The molecule has 0 unspecified atom stereocenters. The van der Waals surface area contributed by atoms with E-state index >= 15 is 0 Å². The Balaban J connectivity index is 1.78. The van der Waals surface area contributed by atoms with E-state index in [1.807, 2.05) is 6.07 Å². The van der Waals surface area contributed by atoms with Gasteiger partial charge in [0.2, 0.25) is 0 Å². The first-order valence-corrected chi connectivity index (χ1v) is 8.41. The Morgan fingerprint density at radius 2 is 2.14 bits per heavy atom. The lowest BCUT2D eigenvalue weighted by Gasteiger charge is -2.08. The third-order valence-corrected chi connectivity index (χ3v) is 4.19. The van der Waals surface area contributed by atoms with E-state index in [1.165, 1.54) is 11.1 Å². The number of nitrogens with one attached hydrogen (secondary N) is 1. The molecule has 0 spiro atoms. The summed E-state index contributed by atoms with van der Waals surface area (Å²) < 4.78 is 5.85. The molecule has 2 rings (SSSR count). The highest BCUT2D eigenvalue weighted by Gasteiger charge is 2.04. The highest BCUT2D eigenvalue weighted by Crippen LogP contribution is 2.19. The fourth-order valence-corrected chi connectivity index (χ4v) is 2.93. The van der Waals surface area contributed by atoms with Crippen molar-refractivity contribution in [2.45, 2.75) is 40.2 Å². The maximum Gasteiger partial charge on any atom is 0.122 e. The van der Waals surface area contributed by atoms with E-state index in [9.17, 15) is 0 Å². The zero-order chi connectivity index (χ0) is 15.1. The minimum atomic E-state index is 0.680. The molecule has 0 aliphatic rings. The van der Waals surface area contributed by atoms with Crippen molar-refractivity contribution in [3.8, 4) is 5.75 Å². The molecule has 0 fully saturated rings. The van der Waals surface area contributed by atoms with Gasteiger partial charge in [0, 0.05) is 18.3 Å². The summed E-state index contributed by atoms with van der Waals surface area (Å²) in [7, 11) is 0. The van der Waals surface area contributed by atoms with Gasteiger partial charge in [-0.15, -0.1) is 11.3 Å². The Morgan fingerprint density at radius 1 is 1.29 bits per heavy atom. The van der Waals surface area contributed by atoms with Crippen LogP contribution in [-0.2, 0) is 13.0 Å². The van der Waals surface area contributed by atoms with Crippen molar-refractivity contribution in [1.82, 2.24) is 10.3 Å². The van der Waals surface area contributed by atoms with Gasteiger partial charge < -0.3 is 10.1 Å². The predicted molar refractivity (Wildman–Crippen MR) is 89.2 cm³/mol. The summed E-state index contributed by atoms with van der Waals surface area (Å²) in [6, 6.07) is 6.28. The molecular weight excluding hydrogens is 280 g/mol. The number of thiazole rings is 1. The zero-order valence-electron chi connectivity index (χ0n) is 13.1. The quantitative estimate of drug-likeness (QED) is 0.752. The first-order chi connectivity index (χ1) is 10.2. The summed E-state index contributed by atoms with van der Waals surface area (Å²) in [5.41, 5.74) is 3.59. The molecule has 4 heteroatoms. The number of rotatable bonds is 8. The minimum Gasteiger partial charge on any atom is -0.493 e. The normalized spacial score (nSPS) is 10.8. The van der Waals surface area contributed by atoms with Crippen LogP contribution in [0.2, 0.25) is 0 Å². The maximum atomic E-state index is 5.85. The number of ether oxygens (including phenoxy) is 1. The van der Waals surface area contributed by atoms with E-state index in [-0.39, 0.29) is 0 Å². The van der Waals surface area contributed by atoms with E-state index < -0.39 is 0 Å². The van der Waals surface area contributed by atoms with Crippen molar-refractivity contribution in [2.75, 3.05) is 13.2 Å². The molecule has 0 bridgehead atoms. The molecule has 0 saturated heterocycles. The van der Waals surface area contributed by atoms with Gasteiger partial charge in [0.05, 0.1) is 17.3 Å². The maximum absolute atomic E-state index is 5.85. The Bertz CT molecular complexity index is 566. The number of hydrogen-bond donors (Lipinski definition) is 1. The van der Waals surface area contributed by atoms with E-state index in [0.29, 0.717) is 6.61 Å². The topological polar surface area (TPSA) is 34.1 Å². The smallest absolute Gasteiger partial charge is 0.122 e. The molecule has 0 aliphatic heterocycles. The SMILES string of the molecule is CCCNCc1csc(CCOc2ccc(C)cc2C)n1. The Labute approximate surface area is 131 Å². The van der Waals surface area contributed by atoms with Crippen LogP contribution in [0.1, 0.15) is 35.2 Å². The van der Waals surface area contributed by atoms with E-state index in [0.717, 1.165) is 42.4 Å². The van der Waals surface area contributed by atoms with Crippen LogP contribution in [0.3, 0.4) is 0 Å². The molecule has 1 N–H and O–H groups in total. The molecule has 21 heavy (non-hydrogen) atoms. The number of benzene rings is 1. The van der Waals surface area contributed by atoms with Gasteiger partial charge >= 0.3 is 0 Å². The molecule has 1 aromatic carbocycles. The van der Waals surface area contributed by atoms with Gasteiger partial charge in [-0.3, -0.25) is 0 Å². The fourth-order valence-electron chi connectivity index (χ4n) is 2.15.